The van der Waals surface area contributed by atoms with E-state index in [0.717, 1.165) is 17.9 Å². The number of carbonyl (C=O) groups is 1. The van der Waals surface area contributed by atoms with Crippen molar-refractivity contribution in [2.24, 2.45) is 0 Å². The van der Waals surface area contributed by atoms with Gasteiger partial charge >= 0.3 is 0 Å². The summed E-state index contributed by atoms with van der Waals surface area (Å²) in [5.41, 5.74) is 1.17. The Labute approximate surface area is 147 Å². The fraction of sp³-hybridized carbons (Fsp3) is 0.316. The van der Waals surface area contributed by atoms with Crippen molar-refractivity contribution in [3.8, 4) is 11.5 Å². The number of nitrogens with one attached hydrogen (secondary N) is 1. The van der Waals surface area contributed by atoms with Crippen LogP contribution in [-0.4, -0.2) is 26.2 Å². The summed E-state index contributed by atoms with van der Waals surface area (Å²) in [6.07, 6.45) is 1.93. The third-order valence-corrected chi connectivity index (χ3v) is 3.78. The van der Waals surface area contributed by atoms with Crippen molar-refractivity contribution < 1.29 is 14.3 Å². The zero-order valence-corrected chi connectivity index (χ0v) is 14.5. The van der Waals surface area contributed by atoms with Crippen LogP contribution < -0.4 is 14.8 Å². The molecule has 0 aliphatic rings. The van der Waals surface area contributed by atoms with E-state index in [4.69, 9.17) is 21.1 Å². The second-order valence-electron chi connectivity index (χ2n) is 5.35. The molecule has 24 heavy (non-hydrogen) atoms. The average molecular weight is 348 g/mol. The fourth-order valence-electron chi connectivity index (χ4n) is 2.18. The van der Waals surface area contributed by atoms with Crippen LogP contribution >= 0.6 is 11.6 Å². The van der Waals surface area contributed by atoms with E-state index >= 15 is 0 Å². The van der Waals surface area contributed by atoms with Crippen molar-refractivity contribution in [3.05, 3.63) is 59.1 Å². The minimum atomic E-state index is 0.0446. The Bertz CT molecular complexity index is 626. The van der Waals surface area contributed by atoms with Crippen LogP contribution in [0.25, 0.3) is 0 Å². The molecule has 128 valence electrons. The third kappa shape index (κ3) is 6.50. The van der Waals surface area contributed by atoms with E-state index in [1.807, 2.05) is 36.4 Å². The molecule has 0 saturated carbocycles. The van der Waals surface area contributed by atoms with Crippen LogP contribution in [0.2, 0.25) is 5.02 Å². The summed E-state index contributed by atoms with van der Waals surface area (Å²) in [5.74, 6) is 1.64. The second-order valence-corrected chi connectivity index (χ2v) is 5.79. The average Bonchev–Trinajstić information content (AvgIpc) is 2.61. The van der Waals surface area contributed by atoms with Crippen LogP contribution in [0.4, 0.5) is 0 Å². The van der Waals surface area contributed by atoms with Gasteiger partial charge in [-0.1, -0.05) is 23.7 Å². The van der Waals surface area contributed by atoms with Gasteiger partial charge < -0.3 is 14.8 Å². The lowest BCUT2D eigenvalue weighted by Gasteiger charge is -2.08. The van der Waals surface area contributed by atoms with Crippen LogP contribution in [0.1, 0.15) is 18.4 Å². The zero-order chi connectivity index (χ0) is 17.2. The Morgan fingerprint density at radius 2 is 1.71 bits per heavy atom. The first-order valence-electron chi connectivity index (χ1n) is 7.95. The van der Waals surface area contributed by atoms with Gasteiger partial charge in [0.2, 0.25) is 5.91 Å². The van der Waals surface area contributed by atoms with Crippen LogP contribution in [-0.2, 0) is 11.2 Å². The summed E-state index contributed by atoms with van der Waals surface area (Å²) in [7, 11) is 1.64. The summed E-state index contributed by atoms with van der Waals surface area (Å²) in [6.45, 7) is 1.14. The summed E-state index contributed by atoms with van der Waals surface area (Å²) >= 11 is 5.81. The molecule has 0 heterocycles. The van der Waals surface area contributed by atoms with Gasteiger partial charge in [-0.2, -0.15) is 0 Å². The quantitative estimate of drug-likeness (QED) is 0.700. The van der Waals surface area contributed by atoms with E-state index < -0.39 is 0 Å². The molecule has 2 aromatic rings. The van der Waals surface area contributed by atoms with E-state index in [0.29, 0.717) is 31.0 Å². The minimum absolute atomic E-state index is 0.0446. The van der Waals surface area contributed by atoms with Gasteiger partial charge in [-0.3, -0.25) is 4.79 Å². The molecular formula is C19H22ClNO3. The van der Waals surface area contributed by atoms with Crippen LogP contribution in [0, 0.1) is 0 Å². The van der Waals surface area contributed by atoms with E-state index in [1.165, 1.54) is 5.56 Å². The predicted octanol–water partition coefficient (Wildman–Crippen LogP) is 3.87. The van der Waals surface area contributed by atoms with Crippen molar-refractivity contribution in [1.29, 1.82) is 0 Å². The Balaban J connectivity index is 1.56. The highest BCUT2D eigenvalue weighted by molar-refractivity contribution is 6.30. The molecule has 1 N–H and O–H groups in total. The van der Waals surface area contributed by atoms with E-state index in [2.05, 4.69) is 5.32 Å². The zero-order valence-electron chi connectivity index (χ0n) is 13.8. The van der Waals surface area contributed by atoms with Crippen molar-refractivity contribution in [3.63, 3.8) is 0 Å². The van der Waals surface area contributed by atoms with Crippen molar-refractivity contribution in [2.75, 3.05) is 20.3 Å². The molecule has 0 radical (unpaired) electrons. The number of ether oxygens (including phenoxy) is 2. The molecule has 0 spiro atoms. The SMILES string of the molecule is COc1ccc(CCNC(=O)CCCOc2ccc(Cl)cc2)cc1. The van der Waals surface area contributed by atoms with E-state index in [9.17, 15) is 4.79 Å². The molecule has 0 aliphatic carbocycles. The molecule has 1 amide bonds. The Kier molecular flexibility index (Phi) is 7.43. The molecule has 0 saturated heterocycles. The van der Waals surface area contributed by atoms with Gasteiger partial charge in [-0.05, 0) is 54.8 Å². The minimum Gasteiger partial charge on any atom is -0.497 e. The summed E-state index contributed by atoms with van der Waals surface area (Å²) in [5, 5.41) is 3.60. The van der Waals surface area contributed by atoms with Crippen LogP contribution in [0.15, 0.2) is 48.5 Å². The van der Waals surface area contributed by atoms with Crippen molar-refractivity contribution in [2.45, 2.75) is 19.3 Å². The maximum absolute atomic E-state index is 11.8. The van der Waals surface area contributed by atoms with Crippen LogP contribution in [0.5, 0.6) is 11.5 Å². The van der Waals surface area contributed by atoms with Gasteiger partial charge in [0, 0.05) is 18.0 Å². The molecule has 0 fully saturated rings. The Morgan fingerprint density at radius 3 is 2.38 bits per heavy atom. The lowest BCUT2D eigenvalue weighted by Crippen LogP contribution is -2.25. The number of methoxy groups -OCH3 is 1. The normalized spacial score (nSPS) is 10.2. The smallest absolute Gasteiger partial charge is 0.220 e. The summed E-state index contributed by atoms with van der Waals surface area (Å²) in [6, 6.07) is 15.0. The van der Waals surface area contributed by atoms with Gasteiger partial charge in [0.15, 0.2) is 0 Å². The highest BCUT2D eigenvalue weighted by Crippen LogP contribution is 2.15. The number of rotatable bonds is 9. The molecular weight excluding hydrogens is 326 g/mol. The van der Waals surface area contributed by atoms with Gasteiger partial charge in [-0.15, -0.1) is 0 Å². The standard InChI is InChI=1S/C19H22ClNO3/c1-23-17-8-4-15(5-9-17)12-13-21-19(22)3-2-14-24-18-10-6-16(20)7-11-18/h4-11H,2-3,12-14H2,1H3,(H,21,22). The highest BCUT2D eigenvalue weighted by atomic mass is 35.5. The predicted molar refractivity (Wildman–Crippen MR) is 95.9 cm³/mol. The molecule has 2 aromatic carbocycles. The number of halogens is 1. The molecule has 5 heteroatoms. The van der Waals surface area contributed by atoms with Crippen molar-refractivity contribution >= 4 is 17.5 Å². The molecule has 0 aromatic heterocycles. The Hall–Kier alpha value is -2.20. The number of hydrogen-bond donors (Lipinski definition) is 1. The molecule has 0 bridgehead atoms. The van der Waals surface area contributed by atoms with Crippen molar-refractivity contribution in [1.82, 2.24) is 5.32 Å². The summed E-state index contributed by atoms with van der Waals surface area (Å²) in [4.78, 5) is 11.8. The number of carbonyl (C=O) groups excluding carboxylic acids is 1. The maximum Gasteiger partial charge on any atom is 0.220 e. The first kappa shape index (κ1) is 18.1. The Morgan fingerprint density at radius 1 is 1.04 bits per heavy atom. The van der Waals surface area contributed by atoms with Gasteiger partial charge in [0.25, 0.3) is 0 Å². The lowest BCUT2D eigenvalue weighted by atomic mass is 10.1. The number of hydrogen-bond acceptors (Lipinski definition) is 3. The van der Waals surface area contributed by atoms with Crippen LogP contribution in [0.3, 0.4) is 0 Å². The first-order valence-corrected chi connectivity index (χ1v) is 8.33. The highest BCUT2D eigenvalue weighted by Gasteiger charge is 2.02. The lowest BCUT2D eigenvalue weighted by molar-refractivity contribution is -0.121. The summed E-state index contributed by atoms with van der Waals surface area (Å²) < 4.78 is 10.7. The van der Waals surface area contributed by atoms with E-state index in [-0.39, 0.29) is 5.91 Å². The fourth-order valence-corrected chi connectivity index (χ4v) is 2.31. The third-order valence-electron chi connectivity index (χ3n) is 3.53. The number of benzene rings is 2. The molecule has 0 unspecified atom stereocenters. The largest absolute Gasteiger partial charge is 0.497 e. The topological polar surface area (TPSA) is 47.6 Å². The van der Waals surface area contributed by atoms with E-state index in [1.54, 1.807) is 19.2 Å². The molecule has 2 rings (SSSR count). The molecule has 0 atom stereocenters. The molecule has 0 aliphatic heterocycles. The first-order chi connectivity index (χ1) is 11.7. The van der Waals surface area contributed by atoms with Gasteiger partial charge in [0.05, 0.1) is 13.7 Å². The second kappa shape index (κ2) is 9.83. The number of amides is 1. The van der Waals surface area contributed by atoms with Gasteiger partial charge in [0.1, 0.15) is 11.5 Å². The molecule has 4 nitrogen and oxygen atoms in total. The maximum atomic E-state index is 11.8. The monoisotopic (exact) mass is 347 g/mol. The van der Waals surface area contributed by atoms with Gasteiger partial charge in [-0.25, -0.2) is 0 Å².